The molecule has 0 aliphatic rings. The van der Waals surface area contributed by atoms with Gasteiger partial charge in [0.1, 0.15) is 5.82 Å². The smallest absolute Gasteiger partial charge is 0.266 e. The number of alkyl halides is 2. The maximum atomic E-state index is 13.7. The van der Waals surface area contributed by atoms with E-state index in [1.807, 2.05) is 12.1 Å². The SMILES string of the molecule is COc1cccc(Cn2ccc(-c3ccc(C(F)F)c(F)c3)n2)n1. The molecule has 0 N–H and O–H groups in total. The fourth-order valence-electron chi connectivity index (χ4n) is 2.29. The Morgan fingerprint density at radius 1 is 1.17 bits per heavy atom. The Balaban J connectivity index is 1.81. The first-order valence-corrected chi connectivity index (χ1v) is 7.18. The maximum Gasteiger partial charge on any atom is 0.266 e. The summed E-state index contributed by atoms with van der Waals surface area (Å²) in [5, 5.41) is 4.33. The van der Waals surface area contributed by atoms with E-state index < -0.39 is 17.8 Å². The third-order valence-electron chi connectivity index (χ3n) is 3.49. The van der Waals surface area contributed by atoms with Gasteiger partial charge in [0.25, 0.3) is 6.43 Å². The van der Waals surface area contributed by atoms with Crippen LogP contribution in [0.2, 0.25) is 0 Å². The summed E-state index contributed by atoms with van der Waals surface area (Å²) in [4.78, 5) is 4.29. The van der Waals surface area contributed by atoms with Crippen LogP contribution < -0.4 is 4.74 Å². The average molecular weight is 333 g/mol. The minimum atomic E-state index is -2.84. The van der Waals surface area contributed by atoms with Crippen LogP contribution in [-0.2, 0) is 6.54 Å². The van der Waals surface area contributed by atoms with Gasteiger partial charge in [0.15, 0.2) is 0 Å². The molecular formula is C17H14F3N3O. The van der Waals surface area contributed by atoms with Crippen LogP contribution in [0.25, 0.3) is 11.3 Å². The van der Waals surface area contributed by atoms with Crippen LogP contribution in [0.1, 0.15) is 17.7 Å². The zero-order valence-corrected chi connectivity index (χ0v) is 12.8. The van der Waals surface area contributed by atoms with Crippen molar-refractivity contribution in [2.45, 2.75) is 13.0 Å². The Bertz CT molecular complexity index is 849. The molecule has 2 heterocycles. The predicted octanol–water partition coefficient (Wildman–Crippen LogP) is 4.08. The van der Waals surface area contributed by atoms with Gasteiger partial charge in [-0.3, -0.25) is 4.68 Å². The Morgan fingerprint density at radius 3 is 2.71 bits per heavy atom. The van der Waals surface area contributed by atoms with E-state index >= 15 is 0 Å². The summed E-state index contributed by atoms with van der Waals surface area (Å²) in [7, 11) is 1.54. The molecule has 0 saturated carbocycles. The van der Waals surface area contributed by atoms with Crippen LogP contribution in [0.3, 0.4) is 0 Å². The van der Waals surface area contributed by atoms with E-state index in [0.717, 1.165) is 17.8 Å². The Morgan fingerprint density at radius 2 is 2.00 bits per heavy atom. The second-order valence-electron chi connectivity index (χ2n) is 5.11. The number of hydrogen-bond donors (Lipinski definition) is 0. The van der Waals surface area contributed by atoms with Crippen molar-refractivity contribution in [3.05, 3.63) is 65.7 Å². The van der Waals surface area contributed by atoms with Gasteiger partial charge >= 0.3 is 0 Å². The van der Waals surface area contributed by atoms with Crippen molar-refractivity contribution < 1.29 is 17.9 Å². The number of methoxy groups -OCH3 is 1. The second-order valence-corrected chi connectivity index (χ2v) is 5.11. The van der Waals surface area contributed by atoms with Crippen molar-refractivity contribution in [2.75, 3.05) is 7.11 Å². The highest BCUT2D eigenvalue weighted by Gasteiger charge is 2.14. The Hall–Kier alpha value is -2.83. The van der Waals surface area contributed by atoms with Gasteiger partial charge in [-0.2, -0.15) is 5.10 Å². The summed E-state index contributed by atoms with van der Waals surface area (Å²) in [5.41, 5.74) is 1.08. The molecule has 0 bridgehead atoms. The lowest BCUT2D eigenvalue weighted by atomic mass is 10.1. The second kappa shape index (κ2) is 6.74. The molecule has 0 radical (unpaired) electrons. The largest absolute Gasteiger partial charge is 0.481 e. The number of rotatable bonds is 5. The number of pyridine rings is 1. The lowest BCUT2D eigenvalue weighted by Crippen LogP contribution is -2.03. The maximum absolute atomic E-state index is 13.7. The fourth-order valence-corrected chi connectivity index (χ4v) is 2.29. The zero-order valence-electron chi connectivity index (χ0n) is 12.8. The molecule has 0 aliphatic carbocycles. The first kappa shape index (κ1) is 16.0. The van der Waals surface area contributed by atoms with Crippen LogP contribution in [0, 0.1) is 5.82 Å². The van der Waals surface area contributed by atoms with Gasteiger partial charge in [-0.15, -0.1) is 0 Å². The summed E-state index contributed by atoms with van der Waals surface area (Å²) in [6.07, 6.45) is -1.12. The van der Waals surface area contributed by atoms with Gasteiger partial charge in [0, 0.05) is 17.8 Å². The van der Waals surface area contributed by atoms with Gasteiger partial charge in [-0.25, -0.2) is 18.2 Å². The predicted molar refractivity (Wildman–Crippen MR) is 82.5 cm³/mol. The number of ether oxygens (including phenoxy) is 1. The number of halogens is 3. The van der Waals surface area contributed by atoms with Crippen LogP contribution in [0.5, 0.6) is 5.88 Å². The molecular weight excluding hydrogens is 319 g/mol. The lowest BCUT2D eigenvalue weighted by Gasteiger charge is -2.05. The van der Waals surface area contributed by atoms with E-state index in [9.17, 15) is 13.2 Å². The highest BCUT2D eigenvalue weighted by molar-refractivity contribution is 5.59. The topological polar surface area (TPSA) is 39.9 Å². The molecule has 1 aromatic carbocycles. The van der Waals surface area contributed by atoms with Gasteiger partial charge in [0.2, 0.25) is 5.88 Å². The van der Waals surface area contributed by atoms with E-state index in [4.69, 9.17) is 4.74 Å². The van der Waals surface area contributed by atoms with Crippen LogP contribution >= 0.6 is 0 Å². The third kappa shape index (κ3) is 3.40. The normalized spacial score (nSPS) is 11.0. The van der Waals surface area contributed by atoms with Crippen LogP contribution in [0.15, 0.2) is 48.7 Å². The molecule has 0 fully saturated rings. The standard InChI is InChI=1S/C17H14F3N3O/c1-24-16-4-2-3-12(21-16)10-23-8-7-15(22-23)11-5-6-13(17(19)20)14(18)9-11/h2-9,17H,10H2,1H3. The van der Waals surface area contributed by atoms with Crippen molar-refractivity contribution >= 4 is 0 Å². The van der Waals surface area contributed by atoms with E-state index in [2.05, 4.69) is 10.1 Å². The van der Waals surface area contributed by atoms with E-state index in [1.54, 1.807) is 23.0 Å². The number of nitrogens with zero attached hydrogens (tertiary/aromatic N) is 3. The molecule has 0 amide bonds. The highest BCUT2D eigenvalue weighted by atomic mass is 19.3. The molecule has 7 heteroatoms. The summed E-state index contributed by atoms with van der Waals surface area (Å²) < 4.78 is 45.6. The van der Waals surface area contributed by atoms with E-state index in [-0.39, 0.29) is 0 Å². The van der Waals surface area contributed by atoms with Gasteiger partial charge in [0.05, 0.1) is 30.6 Å². The Labute approximate surface area is 136 Å². The highest BCUT2D eigenvalue weighted by Crippen LogP contribution is 2.26. The summed E-state index contributed by atoms with van der Waals surface area (Å²) in [5.74, 6) is -0.434. The molecule has 3 rings (SSSR count). The van der Waals surface area contributed by atoms with Crippen molar-refractivity contribution in [2.24, 2.45) is 0 Å². The minimum Gasteiger partial charge on any atom is -0.481 e. The van der Waals surface area contributed by atoms with E-state index in [0.29, 0.717) is 23.7 Å². The molecule has 0 atom stereocenters. The Kier molecular flexibility index (Phi) is 4.50. The molecule has 2 aromatic heterocycles. The van der Waals surface area contributed by atoms with Crippen molar-refractivity contribution in [3.8, 4) is 17.1 Å². The summed E-state index contributed by atoms with van der Waals surface area (Å²) in [6, 6.07) is 10.7. The minimum absolute atomic E-state index is 0.412. The molecule has 0 aliphatic heterocycles. The van der Waals surface area contributed by atoms with Crippen LogP contribution in [0.4, 0.5) is 13.2 Å². The van der Waals surface area contributed by atoms with Gasteiger partial charge in [-0.05, 0) is 24.3 Å². The quantitative estimate of drug-likeness (QED) is 0.706. The molecule has 3 aromatic rings. The lowest BCUT2D eigenvalue weighted by molar-refractivity contribution is 0.146. The monoisotopic (exact) mass is 333 g/mol. The average Bonchev–Trinajstić information content (AvgIpc) is 3.03. The fraction of sp³-hybridized carbons (Fsp3) is 0.176. The molecule has 0 saturated heterocycles. The van der Waals surface area contributed by atoms with Gasteiger partial charge < -0.3 is 4.74 Å². The number of benzene rings is 1. The third-order valence-corrected chi connectivity index (χ3v) is 3.49. The van der Waals surface area contributed by atoms with Crippen molar-refractivity contribution in [1.82, 2.24) is 14.8 Å². The van der Waals surface area contributed by atoms with Gasteiger partial charge in [-0.1, -0.05) is 12.1 Å². The van der Waals surface area contributed by atoms with Crippen molar-refractivity contribution in [3.63, 3.8) is 0 Å². The molecule has 0 spiro atoms. The summed E-state index contributed by atoms with van der Waals surface area (Å²) >= 11 is 0. The van der Waals surface area contributed by atoms with Crippen molar-refractivity contribution in [1.29, 1.82) is 0 Å². The zero-order chi connectivity index (χ0) is 17.1. The molecule has 24 heavy (non-hydrogen) atoms. The molecule has 0 unspecified atom stereocenters. The molecule has 124 valence electrons. The summed E-state index contributed by atoms with van der Waals surface area (Å²) in [6.45, 7) is 0.412. The van der Waals surface area contributed by atoms with E-state index in [1.165, 1.54) is 13.2 Å². The first-order chi connectivity index (χ1) is 11.6. The number of hydrogen-bond acceptors (Lipinski definition) is 3. The first-order valence-electron chi connectivity index (χ1n) is 7.18. The number of aromatic nitrogens is 3. The van der Waals surface area contributed by atoms with Crippen LogP contribution in [-0.4, -0.2) is 21.9 Å². The molecule has 4 nitrogen and oxygen atoms in total.